The molecule has 0 saturated heterocycles. The lowest BCUT2D eigenvalue weighted by molar-refractivity contribution is 0.807. The van der Waals surface area contributed by atoms with Crippen molar-refractivity contribution < 1.29 is 0 Å². The van der Waals surface area contributed by atoms with Gasteiger partial charge in [-0.25, -0.2) is 0 Å². The van der Waals surface area contributed by atoms with Crippen LogP contribution >= 0.6 is 11.6 Å². The Bertz CT molecular complexity index is 494. The van der Waals surface area contributed by atoms with Crippen molar-refractivity contribution in [1.29, 1.82) is 0 Å². The molecule has 3 heteroatoms. The van der Waals surface area contributed by atoms with E-state index in [1.54, 1.807) is 0 Å². The monoisotopic (exact) mass is 220 g/mol. The third kappa shape index (κ3) is 2.11. The first kappa shape index (κ1) is 10.4. The van der Waals surface area contributed by atoms with Gasteiger partial charge in [0.25, 0.3) is 0 Å². The molecular formula is C12H13ClN2. The first-order chi connectivity index (χ1) is 7.20. The van der Waals surface area contributed by atoms with E-state index in [-0.39, 0.29) is 0 Å². The third-order valence-corrected chi connectivity index (χ3v) is 2.67. The summed E-state index contributed by atoms with van der Waals surface area (Å²) in [7, 11) is 1.93. The first-order valence-electron chi connectivity index (χ1n) is 4.91. The molecule has 0 aliphatic carbocycles. The highest BCUT2D eigenvalue weighted by molar-refractivity contribution is 6.31. The van der Waals surface area contributed by atoms with Crippen LogP contribution in [-0.2, 0) is 6.54 Å². The maximum atomic E-state index is 5.94. The highest BCUT2D eigenvalue weighted by Gasteiger charge is 2.02. The van der Waals surface area contributed by atoms with Crippen LogP contribution in [0.1, 0.15) is 11.3 Å². The van der Waals surface area contributed by atoms with E-state index < -0.39 is 0 Å². The van der Waals surface area contributed by atoms with Crippen molar-refractivity contribution in [2.24, 2.45) is 0 Å². The van der Waals surface area contributed by atoms with Gasteiger partial charge in [-0.2, -0.15) is 0 Å². The van der Waals surface area contributed by atoms with Gasteiger partial charge in [-0.05, 0) is 43.8 Å². The number of nitrogens with one attached hydrogen (secondary N) is 1. The lowest BCUT2D eigenvalue weighted by Crippen LogP contribution is -2.07. The molecule has 1 heterocycles. The Morgan fingerprint density at radius 2 is 2.13 bits per heavy atom. The van der Waals surface area contributed by atoms with E-state index in [0.717, 1.165) is 28.2 Å². The fraction of sp³-hybridized carbons (Fsp3) is 0.250. The highest BCUT2D eigenvalue weighted by Crippen LogP contribution is 2.20. The number of benzene rings is 1. The molecule has 1 aromatic heterocycles. The molecule has 0 radical (unpaired) electrons. The molecule has 78 valence electrons. The molecule has 0 amide bonds. The van der Waals surface area contributed by atoms with Crippen LogP contribution in [0.3, 0.4) is 0 Å². The average molecular weight is 221 g/mol. The summed E-state index contributed by atoms with van der Waals surface area (Å²) in [6, 6.07) is 7.91. The van der Waals surface area contributed by atoms with Crippen LogP contribution in [0.25, 0.3) is 10.9 Å². The SMILES string of the molecule is CNCc1cc2cc(Cl)ccc2nc1C. The average Bonchev–Trinajstić information content (AvgIpc) is 2.20. The summed E-state index contributed by atoms with van der Waals surface area (Å²) in [4.78, 5) is 4.54. The molecule has 1 aromatic carbocycles. The van der Waals surface area contributed by atoms with Gasteiger partial charge in [-0.1, -0.05) is 11.6 Å². The quantitative estimate of drug-likeness (QED) is 0.842. The lowest BCUT2D eigenvalue weighted by atomic mass is 10.1. The van der Waals surface area contributed by atoms with Crippen molar-refractivity contribution >= 4 is 22.5 Å². The zero-order valence-electron chi connectivity index (χ0n) is 8.84. The van der Waals surface area contributed by atoms with Gasteiger partial charge in [0.15, 0.2) is 0 Å². The minimum atomic E-state index is 0.753. The summed E-state index contributed by atoms with van der Waals surface area (Å²) in [5.41, 5.74) is 3.28. The molecular weight excluding hydrogens is 208 g/mol. The molecule has 15 heavy (non-hydrogen) atoms. The van der Waals surface area contributed by atoms with Crippen LogP contribution in [-0.4, -0.2) is 12.0 Å². The summed E-state index contributed by atoms with van der Waals surface area (Å²) < 4.78 is 0. The number of hydrogen-bond acceptors (Lipinski definition) is 2. The van der Waals surface area contributed by atoms with E-state index in [0.29, 0.717) is 0 Å². The van der Waals surface area contributed by atoms with Gasteiger partial charge >= 0.3 is 0 Å². The Morgan fingerprint density at radius 1 is 1.33 bits per heavy atom. The molecule has 0 spiro atoms. The van der Waals surface area contributed by atoms with Crippen molar-refractivity contribution in [1.82, 2.24) is 10.3 Å². The maximum absolute atomic E-state index is 5.94. The summed E-state index contributed by atoms with van der Waals surface area (Å²) in [6.07, 6.45) is 0. The Morgan fingerprint density at radius 3 is 2.87 bits per heavy atom. The molecule has 0 aliphatic rings. The number of aromatic nitrogens is 1. The normalized spacial score (nSPS) is 10.9. The number of rotatable bonds is 2. The van der Waals surface area contributed by atoms with Crippen molar-refractivity contribution in [2.45, 2.75) is 13.5 Å². The molecule has 0 saturated carbocycles. The van der Waals surface area contributed by atoms with Gasteiger partial charge in [-0.15, -0.1) is 0 Å². The van der Waals surface area contributed by atoms with Crippen molar-refractivity contribution in [2.75, 3.05) is 7.05 Å². The minimum Gasteiger partial charge on any atom is -0.316 e. The van der Waals surface area contributed by atoms with E-state index in [9.17, 15) is 0 Å². The van der Waals surface area contributed by atoms with Crippen LogP contribution in [0, 0.1) is 6.92 Å². The number of nitrogens with zero attached hydrogens (tertiary/aromatic N) is 1. The molecule has 2 aromatic rings. The zero-order valence-corrected chi connectivity index (χ0v) is 9.60. The third-order valence-electron chi connectivity index (χ3n) is 2.44. The molecule has 0 fully saturated rings. The zero-order chi connectivity index (χ0) is 10.8. The van der Waals surface area contributed by atoms with E-state index in [1.807, 2.05) is 32.2 Å². The van der Waals surface area contributed by atoms with Gasteiger partial charge in [0.1, 0.15) is 0 Å². The highest BCUT2D eigenvalue weighted by atomic mass is 35.5. The topological polar surface area (TPSA) is 24.9 Å². The summed E-state index contributed by atoms with van der Waals surface area (Å²) >= 11 is 5.94. The Kier molecular flexibility index (Phi) is 2.89. The van der Waals surface area contributed by atoms with E-state index in [2.05, 4.69) is 16.4 Å². The van der Waals surface area contributed by atoms with Crippen LogP contribution in [0.5, 0.6) is 0 Å². The lowest BCUT2D eigenvalue weighted by Gasteiger charge is -2.06. The second-order valence-corrected chi connectivity index (χ2v) is 4.04. The summed E-state index contributed by atoms with van der Waals surface area (Å²) in [5.74, 6) is 0. The summed E-state index contributed by atoms with van der Waals surface area (Å²) in [6.45, 7) is 2.86. The number of pyridine rings is 1. The minimum absolute atomic E-state index is 0.753. The molecule has 2 rings (SSSR count). The predicted molar refractivity (Wildman–Crippen MR) is 64.3 cm³/mol. The fourth-order valence-corrected chi connectivity index (χ4v) is 1.84. The standard InChI is InChI=1S/C12H13ClN2/c1-8-10(7-14-2)5-9-6-11(13)3-4-12(9)15-8/h3-6,14H,7H2,1-2H3. The summed E-state index contributed by atoms with van der Waals surface area (Å²) in [5, 5.41) is 4.98. The first-order valence-corrected chi connectivity index (χ1v) is 5.29. The van der Waals surface area contributed by atoms with Gasteiger partial charge < -0.3 is 5.32 Å². The molecule has 1 N–H and O–H groups in total. The molecule has 0 unspecified atom stereocenters. The van der Waals surface area contributed by atoms with Gasteiger partial charge in [0, 0.05) is 22.6 Å². The second kappa shape index (κ2) is 4.17. The Balaban J connectivity index is 2.61. The van der Waals surface area contributed by atoms with Crippen LogP contribution in [0.15, 0.2) is 24.3 Å². The van der Waals surface area contributed by atoms with E-state index in [4.69, 9.17) is 11.6 Å². The molecule has 0 bridgehead atoms. The van der Waals surface area contributed by atoms with E-state index >= 15 is 0 Å². The van der Waals surface area contributed by atoms with Gasteiger partial charge in [0.2, 0.25) is 0 Å². The van der Waals surface area contributed by atoms with E-state index in [1.165, 1.54) is 5.56 Å². The fourth-order valence-electron chi connectivity index (χ4n) is 1.66. The molecule has 0 aliphatic heterocycles. The maximum Gasteiger partial charge on any atom is 0.0706 e. The smallest absolute Gasteiger partial charge is 0.0706 e. The Labute approximate surface area is 94.3 Å². The van der Waals surface area contributed by atoms with Gasteiger partial charge in [-0.3, -0.25) is 4.98 Å². The number of halogens is 1. The molecule has 0 atom stereocenters. The van der Waals surface area contributed by atoms with Crippen molar-refractivity contribution in [3.63, 3.8) is 0 Å². The second-order valence-electron chi connectivity index (χ2n) is 3.60. The number of fused-ring (bicyclic) bond motifs is 1. The van der Waals surface area contributed by atoms with Crippen LogP contribution < -0.4 is 5.32 Å². The van der Waals surface area contributed by atoms with Crippen molar-refractivity contribution in [3.05, 3.63) is 40.5 Å². The Hall–Kier alpha value is -1.12. The van der Waals surface area contributed by atoms with Crippen LogP contribution in [0.4, 0.5) is 0 Å². The largest absolute Gasteiger partial charge is 0.316 e. The van der Waals surface area contributed by atoms with Gasteiger partial charge in [0.05, 0.1) is 5.52 Å². The number of aryl methyl sites for hydroxylation is 1. The number of hydrogen-bond donors (Lipinski definition) is 1. The van der Waals surface area contributed by atoms with Crippen molar-refractivity contribution in [3.8, 4) is 0 Å². The predicted octanol–water partition coefficient (Wildman–Crippen LogP) is 2.92. The van der Waals surface area contributed by atoms with Crippen LogP contribution in [0.2, 0.25) is 5.02 Å². The molecule has 2 nitrogen and oxygen atoms in total.